The number of hydrogen-bond donors (Lipinski definition) is 0. The number of rotatable bonds is 2. The number of nitrogens with zero attached hydrogens (tertiary/aromatic N) is 3. The summed E-state index contributed by atoms with van der Waals surface area (Å²) in [5.74, 6) is 0. The molecule has 3 nitrogen and oxygen atoms in total. The third-order valence-corrected chi connectivity index (χ3v) is 15.5. The molecule has 10 aromatic carbocycles. The molecule has 0 N–H and O–H groups in total. The number of aromatic nitrogens is 3. The minimum atomic E-state index is -0.0712. The van der Waals surface area contributed by atoms with Crippen molar-refractivity contribution < 1.29 is 0 Å². The highest BCUT2D eigenvalue weighted by Crippen LogP contribution is 2.50. The topological polar surface area (TPSA) is 13.8 Å². The van der Waals surface area contributed by atoms with Crippen LogP contribution in [0.5, 0.6) is 0 Å². The summed E-state index contributed by atoms with van der Waals surface area (Å²) < 4.78 is 7.69. The van der Waals surface area contributed by atoms with Crippen LogP contribution in [0, 0.1) is 0 Å². The quantitative estimate of drug-likeness (QED) is 0.164. The van der Waals surface area contributed by atoms with E-state index >= 15 is 0 Å². The van der Waals surface area contributed by atoms with Gasteiger partial charge in [0.05, 0.1) is 44.1 Å². The van der Waals surface area contributed by atoms with Crippen LogP contribution in [0.4, 0.5) is 0 Å². The zero-order valence-electron chi connectivity index (χ0n) is 38.6. The first-order chi connectivity index (χ1) is 32.5. The lowest BCUT2D eigenvalue weighted by molar-refractivity contribution is 0.591. The summed E-state index contributed by atoms with van der Waals surface area (Å²) in [5.41, 5.74) is 16.4. The highest BCUT2D eigenvalue weighted by molar-refractivity contribution is 6.35. The molecule has 0 aliphatic carbocycles. The third-order valence-electron chi connectivity index (χ3n) is 15.5. The lowest BCUT2D eigenvalue weighted by Gasteiger charge is -2.22. The van der Waals surface area contributed by atoms with E-state index in [9.17, 15) is 0 Å². The lowest BCUT2D eigenvalue weighted by Crippen LogP contribution is -2.11. The fourth-order valence-corrected chi connectivity index (χ4v) is 12.3. The Balaban J connectivity index is 1.14. The van der Waals surface area contributed by atoms with E-state index < -0.39 is 0 Å². The molecule has 318 valence electrons. The van der Waals surface area contributed by atoms with E-state index in [1.54, 1.807) is 0 Å². The molecule has 0 bridgehead atoms. The van der Waals surface area contributed by atoms with Gasteiger partial charge in [0.15, 0.2) is 0 Å². The molecule has 5 aromatic heterocycles. The minimum absolute atomic E-state index is 0.0576. The summed E-state index contributed by atoms with van der Waals surface area (Å²) in [6.07, 6.45) is 0. The highest BCUT2D eigenvalue weighted by atomic mass is 15.0. The molecule has 0 aliphatic heterocycles. The fraction of sp³-hybridized carbons (Fsp3) is 0.125. The van der Waals surface area contributed by atoms with Crippen LogP contribution in [0.25, 0.3) is 136 Å². The van der Waals surface area contributed by atoms with Gasteiger partial charge >= 0.3 is 0 Å². The molecule has 15 rings (SSSR count). The van der Waals surface area contributed by atoms with Crippen LogP contribution >= 0.6 is 0 Å². The molecule has 0 amide bonds. The van der Waals surface area contributed by atoms with Gasteiger partial charge in [-0.15, -0.1) is 0 Å². The van der Waals surface area contributed by atoms with Crippen molar-refractivity contribution in [1.82, 2.24) is 13.4 Å². The average Bonchev–Trinajstić information content (AvgIpc) is 4.12. The number of fused-ring (bicyclic) bond motifs is 19. The number of benzene rings is 10. The standard InChI is InChI=1S/C64H47N3/c1-63(2,3)39-30-46(38-25-27-55-47(28-38)44-22-14-15-23-54(44)65(55)41-18-8-7-9-19-41)60-51(32-39)52-33-40(64(4,5)6)31-50-48-34-57-53(35-56(48)66(60)61(50)52)58-42-20-12-11-17-37(42)29-49-45-26-24-36-16-10-13-21-43(36)59(45)67(57)62(49)58/h7-35H,1-6H3. The molecule has 0 saturated carbocycles. The van der Waals surface area contributed by atoms with E-state index in [-0.39, 0.29) is 10.8 Å². The predicted molar refractivity (Wildman–Crippen MR) is 288 cm³/mol. The summed E-state index contributed by atoms with van der Waals surface area (Å²) in [6, 6.07) is 67.1. The van der Waals surface area contributed by atoms with Crippen molar-refractivity contribution in [2.75, 3.05) is 0 Å². The molecule has 0 aliphatic rings. The maximum Gasteiger partial charge on any atom is 0.0627 e. The largest absolute Gasteiger partial charge is 0.309 e. The molecule has 0 spiro atoms. The second kappa shape index (κ2) is 12.5. The van der Waals surface area contributed by atoms with Crippen LogP contribution in [0.2, 0.25) is 0 Å². The maximum absolute atomic E-state index is 2.66. The Morgan fingerprint density at radius 1 is 0.313 bits per heavy atom. The summed E-state index contributed by atoms with van der Waals surface area (Å²) in [6.45, 7) is 14.2. The summed E-state index contributed by atoms with van der Waals surface area (Å²) >= 11 is 0. The Kier molecular flexibility index (Phi) is 6.97. The molecule has 67 heavy (non-hydrogen) atoms. The Morgan fingerprint density at radius 2 is 0.866 bits per heavy atom. The van der Waals surface area contributed by atoms with E-state index in [1.807, 2.05) is 0 Å². The minimum Gasteiger partial charge on any atom is -0.309 e. The highest BCUT2D eigenvalue weighted by Gasteiger charge is 2.29. The van der Waals surface area contributed by atoms with E-state index in [2.05, 4.69) is 231 Å². The van der Waals surface area contributed by atoms with Gasteiger partial charge in [-0.2, -0.15) is 0 Å². The Bertz CT molecular complexity index is 4620. The second-order valence-electron chi connectivity index (χ2n) is 21.4. The van der Waals surface area contributed by atoms with E-state index in [0.29, 0.717) is 0 Å². The second-order valence-corrected chi connectivity index (χ2v) is 21.4. The van der Waals surface area contributed by atoms with Crippen molar-refractivity contribution in [3.8, 4) is 16.8 Å². The van der Waals surface area contributed by atoms with E-state index in [4.69, 9.17) is 0 Å². The summed E-state index contributed by atoms with van der Waals surface area (Å²) in [4.78, 5) is 0. The third kappa shape index (κ3) is 4.81. The SMILES string of the molecule is CC(C)(C)c1cc(-c2ccc3c(c2)c2ccccc2n3-c2ccccc2)c2c(c1)c1cc(C(C)(C)C)cc3c4cc5c(cc4n2c31)c1c2ccccc2cc2c3ccc4ccccc4c3n5c21. The first-order valence-corrected chi connectivity index (χ1v) is 23.8. The molecular formula is C64H47N3. The average molecular weight is 858 g/mol. The van der Waals surface area contributed by atoms with Gasteiger partial charge in [-0.25, -0.2) is 0 Å². The van der Waals surface area contributed by atoms with Crippen molar-refractivity contribution in [2.45, 2.75) is 52.4 Å². The lowest BCUT2D eigenvalue weighted by atomic mass is 9.83. The van der Waals surface area contributed by atoms with Crippen LogP contribution in [0.3, 0.4) is 0 Å². The molecule has 0 saturated heterocycles. The zero-order chi connectivity index (χ0) is 44.8. The maximum atomic E-state index is 2.66. The number of hydrogen-bond acceptors (Lipinski definition) is 0. The van der Waals surface area contributed by atoms with Gasteiger partial charge in [0.25, 0.3) is 0 Å². The summed E-state index contributed by atoms with van der Waals surface area (Å²) in [7, 11) is 0. The zero-order valence-corrected chi connectivity index (χ0v) is 38.6. The van der Waals surface area contributed by atoms with Crippen molar-refractivity contribution in [3.63, 3.8) is 0 Å². The molecular weight excluding hydrogens is 811 g/mol. The Morgan fingerprint density at radius 3 is 1.64 bits per heavy atom. The molecule has 15 aromatic rings. The molecule has 0 fully saturated rings. The van der Waals surface area contributed by atoms with Crippen LogP contribution in [0.1, 0.15) is 52.7 Å². The van der Waals surface area contributed by atoms with E-state index in [1.165, 1.54) is 147 Å². The van der Waals surface area contributed by atoms with E-state index in [0.717, 1.165) is 0 Å². The molecule has 0 radical (unpaired) electrons. The first kappa shape index (κ1) is 37.4. The van der Waals surface area contributed by atoms with Crippen LogP contribution in [-0.2, 0) is 10.8 Å². The fourth-order valence-electron chi connectivity index (χ4n) is 12.3. The molecule has 0 unspecified atom stereocenters. The van der Waals surface area contributed by atoms with Gasteiger partial charge in [0.1, 0.15) is 0 Å². The summed E-state index contributed by atoms with van der Waals surface area (Å²) in [5, 5.41) is 18.2. The van der Waals surface area contributed by atoms with Crippen molar-refractivity contribution in [3.05, 3.63) is 187 Å². The Labute approximate surface area is 387 Å². The van der Waals surface area contributed by atoms with Gasteiger partial charge < -0.3 is 13.4 Å². The van der Waals surface area contributed by atoms with Gasteiger partial charge in [-0.05, 0) is 116 Å². The molecule has 0 atom stereocenters. The van der Waals surface area contributed by atoms with Gasteiger partial charge in [0.2, 0.25) is 0 Å². The van der Waals surface area contributed by atoms with Crippen LogP contribution in [-0.4, -0.2) is 13.4 Å². The van der Waals surface area contributed by atoms with Crippen molar-refractivity contribution in [1.29, 1.82) is 0 Å². The smallest absolute Gasteiger partial charge is 0.0627 e. The molecule has 5 heterocycles. The Hall–Kier alpha value is -7.88. The van der Waals surface area contributed by atoms with Crippen LogP contribution < -0.4 is 0 Å². The van der Waals surface area contributed by atoms with Gasteiger partial charge in [-0.3, -0.25) is 0 Å². The first-order valence-electron chi connectivity index (χ1n) is 23.8. The number of para-hydroxylation sites is 2. The monoisotopic (exact) mass is 857 g/mol. The van der Waals surface area contributed by atoms with Crippen LogP contribution in [0.15, 0.2) is 176 Å². The predicted octanol–water partition coefficient (Wildman–Crippen LogP) is 17.7. The van der Waals surface area contributed by atoms with Gasteiger partial charge in [-0.1, -0.05) is 145 Å². The van der Waals surface area contributed by atoms with Crippen molar-refractivity contribution >= 4 is 120 Å². The van der Waals surface area contributed by atoms with Crippen molar-refractivity contribution in [2.24, 2.45) is 0 Å². The van der Waals surface area contributed by atoms with Gasteiger partial charge in [0, 0.05) is 70.5 Å². The molecule has 3 heteroatoms. The normalized spacial score (nSPS) is 13.2.